The van der Waals surface area contributed by atoms with Gasteiger partial charge in [0.25, 0.3) is 0 Å². The Kier molecular flexibility index (Phi) is 4.93. The minimum absolute atomic E-state index is 0.0495. The van der Waals surface area contributed by atoms with Gasteiger partial charge < -0.3 is 11.1 Å². The highest BCUT2D eigenvalue weighted by Crippen LogP contribution is 2.13. The van der Waals surface area contributed by atoms with Crippen molar-refractivity contribution in [2.45, 2.75) is 38.4 Å². The number of nitrogens with one attached hydrogen (secondary N) is 1. The summed E-state index contributed by atoms with van der Waals surface area (Å²) in [7, 11) is 0. The first-order chi connectivity index (χ1) is 9.15. The van der Waals surface area contributed by atoms with Crippen molar-refractivity contribution in [2.24, 2.45) is 5.73 Å². The molecule has 1 aromatic rings. The Hall–Kier alpha value is -1.39. The first-order valence-corrected chi connectivity index (χ1v) is 6.97. The molecule has 4 nitrogen and oxygen atoms in total. The van der Waals surface area contributed by atoms with E-state index in [-0.39, 0.29) is 11.9 Å². The number of amides is 1. The van der Waals surface area contributed by atoms with Gasteiger partial charge in [0.2, 0.25) is 5.91 Å². The Morgan fingerprint density at radius 3 is 2.89 bits per heavy atom. The lowest BCUT2D eigenvalue weighted by molar-refractivity contribution is -0.123. The van der Waals surface area contributed by atoms with Gasteiger partial charge in [-0.15, -0.1) is 0 Å². The zero-order chi connectivity index (χ0) is 13.7. The van der Waals surface area contributed by atoms with Crippen LogP contribution in [-0.4, -0.2) is 36.0 Å². The Bertz CT molecular complexity index is 405. The van der Waals surface area contributed by atoms with Crippen LogP contribution in [0.5, 0.6) is 0 Å². The van der Waals surface area contributed by atoms with Crippen LogP contribution in [0.25, 0.3) is 0 Å². The van der Waals surface area contributed by atoms with Crippen molar-refractivity contribution < 1.29 is 4.79 Å². The third-order valence-corrected chi connectivity index (χ3v) is 3.51. The van der Waals surface area contributed by atoms with Gasteiger partial charge in [-0.2, -0.15) is 0 Å². The minimum atomic E-state index is -0.426. The van der Waals surface area contributed by atoms with E-state index in [0.717, 1.165) is 32.5 Å². The molecule has 0 saturated carbocycles. The van der Waals surface area contributed by atoms with Gasteiger partial charge >= 0.3 is 0 Å². The number of hydrogen-bond acceptors (Lipinski definition) is 3. The van der Waals surface area contributed by atoms with E-state index in [0.29, 0.717) is 0 Å². The summed E-state index contributed by atoms with van der Waals surface area (Å²) >= 11 is 0. The topological polar surface area (TPSA) is 58.4 Å². The third-order valence-electron chi connectivity index (χ3n) is 3.51. The molecule has 3 N–H and O–H groups in total. The van der Waals surface area contributed by atoms with Crippen LogP contribution in [0.4, 0.5) is 0 Å². The molecule has 0 unspecified atom stereocenters. The SMILES string of the molecule is C[C@H](N)C(=O)N[C@@H]1CCCN(Cc2ccccc2)C1. The molecular formula is C15H23N3O. The number of piperidine rings is 1. The van der Waals surface area contributed by atoms with E-state index in [1.165, 1.54) is 5.56 Å². The Morgan fingerprint density at radius 2 is 2.21 bits per heavy atom. The molecule has 1 aromatic carbocycles. The van der Waals surface area contributed by atoms with Gasteiger partial charge in [-0.3, -0.25) is 9.69 Å². The number of hydrogen-bond donors (Lipinski definition) is 2. The summed E-state index contributed by atoms with van der Waals surface area (Å²) in [6.45, 7) is 4.68. The quantitative estimate of drug-likeness (QED) is 0.854. The van der Waals surface area contributed by atoms with E-state index in [2.05, 4.69) is 34.5 Å². The van der Waals surface area contributed by atoms with E-state index in [4.69, 9.17) is 5.73 Å². The average molecular weight is 261 g/mol. The van der Waals surface area contributed by atoms with Gasteiger partial charge in [-0.25, -0.2) is 0 Å². The molecule has 0 spiro atoms. The summed E-state index contributed by atoms with van der Waals surface area (Å²) in [6, 6.07) is 10.3. The Labute approximate surface area is 115 Å². The Balaban J connectivity index is 1.85. The highest BCUT2D eigenvalue weighted by molar-refractivity contribution is 5.81. The highest BCUT2D eigenvalue weighted by Gasteiger charge is 2.22. The summed E-state index contributed by atoms with van der Waals surface area (Å²) < 4.78 is 0. The van der Waals surface area contributed by atoms with Crippen LogP contribution in [0, 0.1) is 0 Å². The molecule has 2 atom stereocenters. The molecule has 104 valence electrons. The lowest BCUT2D eigenvalue weighted by Crippen LogP contribution is -2.51. The normalized spacial score (nSPS) is 21.9. The number of benzene rings is 1. The smallest absolute Gasteiger partial charge is 0.236 e. The summed E-state index contributed by atoms with van der Waals surface area (Å²) in [5, 5.41) is 3.03. The van der Waals surface area contributed by atoms with Gasteiger partial charge in [-0.1, -0.05) is 30.3 Å². The summed E-state index contributed by atoms with van der Waals surface area (Å²) in [4.78, 5) is 14.0. The number of rotatable bonds is 4. The number of nitrogens with zero attached hydrogens (tertiary/aromatic N) is 1. The standard InChI is InChI=1S/C15H23N3O/c1-12(16)15(19)17-14-8-5-9-18(11-14)10-13-6-3-2-4-7-13/h2-4,6-7,12,14H,5,8-11,16H2,1H3,(H,17,19)/t12-,14+/m0/s1. The zero-order valence-electron chi connectivity index (χ0n) is 11.5. The minimum Gasteiger partial charge on any atom is -0.351 e. The first-order valence-electron chi connectivity index (χ1n) is 6.97. The van der Waals surface area contributed by atoms with Crippen molar-refractivity contribution in [1.82, 2.24) is 10.2 Å². The van der Waals surface area contributed by atoms with E-state index >= 15 is 0 Å². The van der Waals surface area contributed by atoms with Gasteiger partial charge in [-0.05, 0) is 31.9 Å². The maximum absolute atomic E-state index is 11.6. The third kappa shape index (κ3) is 4.33. The molecule has 1 amide bonds. The van der Waals surface area contributed by atoms with Crippen LogP contribution in [0.15, 0.2) is 30.3 Å². The number of likely N-dealkylation sites (tertiary alicyclic amines) is 1. The molecule has 0 bridgehead atoms. The molecule has 2 rings (SSSR count). The molecular weight excluding hydrogens is 238 g/mol. The van der Waals surface area contributed by atoms with Crippen molar-refractivity contribution in [2.75, 3.05) is 13.1 Å². The van der Waals surface area contributed by atoms with Gasteiger partial charge in [0, 0.05) is 19.1 Å². The fourth-order valence-corrected chi connectivity index (χ4v) is 2.49. The molecule has 1 saturated heterocycles. The van der Waals surface area contributed by atoms with Crippen LogP contribution in [0.2, 0.25) is 0 Å². The predicted molar refractivity (Wildman–Crippen MR) is 76.5 cm³/mol. The summed E-state index contributed by atoms with van der Waals surface area (Å²) in [5.41, 5.74) is 6.91. The van der Waals surface area contributed by atoms with Gasteiger partial charge in [0.05, 0.1) is 6.04 Å². The van der Waals surface area contributed by atoms with E-state index in [1.807, 2.05) is 6.07 Å². The van der Waals surface area contributed by atoms with Crippen LogP contribution >= 0.6 is 0 Å². The van der Waals surface area contributed by atoms with Gasteiger partial charge in [0.1, 0.15) is 0 Å². The molecule has 1 aliphatic heterocycles. The largest absolute Gasteiger partial charge is 0.351 e. The molecule has 1 fully saturated rings. The second-order valence-electron chi connectivity index (χ2n) is 5.36. The molecule has 0 radical (unpaired) electrons. The number of nitrogens with two attached hydrogens (primary N) is 1. The predicted octanol–water partition coefficient (Wildman–Crippen LogP) is 1.11. The van der Waals surface area contributed by atoms with Crippen molar-refractivity contribution in [3.63, 3.8) is 0 Å². The monoisotopic (exact) mass is 261 g/mol. The van der Waals surface area contributed by atoms with E-state index in [9.17, 15) is 4.79 Å². The average Bonchev–Trinajstić information content (AvgIpc) is 2.40. The van der Waals surface area contributed by atoms with Gasteiger partial charge in [0.15, 0.2) is 0 Å². The van der Waals surface area contributed by atoms with Crippen LogP contribution in [0.1, 0.15) is 25.3 Å². The molecule has 19 heavy (non-hydrogen) atoms. The second-order valence-corrected chi connectivity index (χ2v) is 5.36. The van der Waals surface area contributed by atoms with Crippen LogP contribution < -0.4 is 11.1 Å². The summed E-state index contributed by atoms with van der Waals surface area (Å²) in [6.07, 6.45) is 2.17. The molecule has 1 heterocycles. The van der Waals surface area contributed by atoms with Crippen molar-refractivity contribution in [3.8, 4) is 0 Å². The molecule has 0 aliphatic carbocycles. The Morgan fingerprint density at radius 1 is 1.47 bits per heavy atom. The van der Waals surface area contributed by atoms with Crippen molar-refractivity contribution >= 4 is 5.91 Å². The zero-order valence-corrected chi connectivity index (χ0v) is 11.5. The summed E-state index contributed by atoms with van der Waals surface area (Å²) in [5.74, 6) is -0.0495. The lowest BCUT2D eigenvalue weighted by atomic mass is 10.0. The molecule has 1 aliphatic rings. The van der Waals surface area contributed by atoms with Crippen LogP contribution in [0.3, 0.4) is 0 Å². The van der Waals surface area contributed by atoms with Crippen molar-refractivity contribution in [3.05, 3.63) is 35.9 Å². The maximum atomic E-state index is 11.6. The number of carbonyl (C=O) groups excluding carboxylic acids is 1. The van der Waals surface area contributed by atoms with E-state index in [1.54, 1.807) is 6.92 Å². The molecule has 0 aromatic heterocycles. The van der Waals surface area contributed by atoms with Crippen molar-refractivity contribution in [1.29, 1.82) is 0 Å². The fourth-order valence-electron chi connectivity index (χ4n) is 2.49. The second kappa shape index (κ2) is 6.68. The number of carbonyl (C=O) groups is 1. The van der Waals surface area contributed by atoms with Crippen LogP contribution in [-0.2, 0) is 11.3 Å². The molecule has 4 heteroatoms. The highest BCUT2D eigenvalue weighted by atomic mass is 16.2. The maximum Gasteiger partial charge on any atom is 0.236 e. The lowest BCUT2D eigenvalue weighted by Gasteiger charge is -2.33. The first kappa shape index (κ1) is 14.0. The van der Waals surface area contributed by atoms with E-state index < -0.39 is 6.04 Å². The fraction of sp³-hybridized carbons (Fsp3) is 0.533.